The van der Waals surface area contributed by atoms with E-state index >= 15 is 0 Å². The fourth-order valence-corrected chi connectivity index (χ4v) is 5.55. The van der Waals surface area contributed by atoms with Crippen LogP contribution in [0.3, 0.4) is 0 Å². The van der Waals surface area contributed by atoms with Gasteiger partial charge in [0.25, 0.3) is 0 Å². The molecular formula is C25H34N6O5S. The van der Waals surface area contributed by atoms with Crippen molar-refractivity contribution in [2.75, 3.05) is 31.4 Å². The second-order valence-electron chi connectivity index (χ2n) is 9.61. The Morgan fingerprint density at radius 1 is 1.19 bits per heavy atom. The summed E-state index contributed by atoms with van der Waals surface area (Å²) >= 11 is 1.61. The van der Waals surface area contributed by atoms with E-state index in [0.29, 0.717) is 35.1 Å². The Balaban J connectivity index is 1.46. The van der Waals surface area contributed by atoms with Crippen LogP contribution in [-0.2, 0) is 20.8 Å². The van der Waals surface area contributed by atoms with E-state index in [1.165, 1.54) is 0 Å². The molecule has 2 N–H and O–H groups in total. The van der Waals surface area contributed by atoms with Gasteiger partial charge in [0.15, 0.2) is 27.9 Å². The minimum atomic E-state index is -0.743. The maximum Gasteiger partial charge on any atom is 0.191 e. The number of nitrogens with one attached hydrogen (secondary N) is 1. The van der Waals surface area contributed by atoms with Crippen LogP contribution in [0.5, 0.6) is 5.75 Å². The third kappa shape index (κ3) is 5.53. The van der Waals surface area contributed by atoms with E-state index in [1.54, 1.807) is 18.9 Å². The molecule has 37 heavy (non-hydrogen) atoms. The first kappa shape index (κ1) is 26.1. The summed E-state index contributed by atoms with van der Waals surface area (Å²) in [6, 6.07) is 7.70. The summed E-state index contributed by atoms with van der Waals surface area (Å²) in [5, 5.41) is 22.4. The Labute approximate surface area is 220 Å². The monoisotopic (exact) mass is 530 g/mol. The maximum absolute atomic E-state index is 9.29. The van der Waals surface area contributed by atoms with E-state index in [9.17, 15) is 5.11 Å². The molecule has 3 heterocycles. The van der Waals surface area contributed by atoms with E-state index in [2.05, 4.69) is 22.6 Å². The normalized spacial score (nSPS) is 24.5. The molecule has 0 spiro atoms. The largest absolute Gasteiger partial charge is 0.497 e. The number of nitrogens with zero attached hydrogens (tertiary/aromatic N) is 5. The summed E-state index contributed by atoms with van der Waals surface area (Å²) < 4.78 is 25.5. The molecule has 200 valence electrons. The lowest BCUT2D eigenvalue weighted by Crippen LogP contribution is -2.31. The van der Waals surface area contributed by atoms with Crippen molar-refractivity contribution in [3.63, 3.8) is 0 Å². The van der Waals surface area contributed by atoms with Gasteiger partial charge in [0, 0.05) is 18.7 Å². The van der Waals surface area contributed by atoms with Gasteiger partial charge in [-0.1, -0.05) is 36.0 Å². The van der Waals surface area contributed by atoms with Crippen LogP contribution < -0.4 is 10.1 Å². The first-order valence-electron chi connectivity index (χ1n) is 12.6. The Bertz CT molecular complexity index is 1210. The molecule has 12 heteroatoms. The number of aliphatic hydroxyl groups is 1. The highest BCUT2D eigenvalue weighted by Gasteiger charge is 2.56. The molecule has 0 radical (unpaired) electrons. The third-order valence-electron chi connectivity index (χ3n) is 6.48. The van der Waals surface area contributed by atoms with Gasteiger partial charge in [0.2, 0.25) is 0 Å². The highest BCUT2D eigenvalue weighted by atomic mass is 32.2. The van der Waals surface area contributed by atoms with E-state index in [-0.39, 0.29) is 37.6 Å². The summed E-state index contributed by atoms with van der Waals surface area (Å²) in [6.45, 7) is 6.68. The summed E-state index contributed by atoms with van der Waals surface area (Å²) in [7, 11) is 1.65. The number of aliphatic hydroxyl groups excluding tert-OH is 1. The average Bonchev–Trinajstić information content (AvgIpc) is 3.55. The van der Waals surface area contributed by atoms with Crippen LogP contribution >= 0.6 is 11.8 Å². The van der Waals surface area contributed by atoms with E-state index in [1.807, 2.05) is 42.8 Å². The second-order valence-corrected chi connectivity index (χ2v) is 10.7. The Hall–Kier alpha value is -2.51. The van der Waals surface area contributed by atoms with Crippen molar-refractivity contribution < 1.29 is 24.1 Å². The zero-order chi connectivity index (χ0) is 26.0. The molecular weight excluding hydrogens is 496 g/mol. The number of thioether (sulfide) groups is 1. The van der Waals surface area contributed by atoms with Gasteiger partial charge in [-0.3, -0.25) is 0 Å². The minimum Gasteiger partial charge on any atom is -0.497 e. The first-order valence-corrected chi connectivity index (χ1v) is 13.6. The number of hydrogen-bond acceptors (Lipinski definition) is 11. The molecule has 0 bridgehead atoms. The number of rotatable bonds is 11. The number of benzene rings is 1. The molecule has 1 aromatic carbocycles. The van der Waals surface area contributed by atoms with Crippen molar-refractivity contribution in [1.29, 1.82) is 0 Å². The number of ether oxygens (including phenoxy) is 4. The van der Waals surface area contributed by atoms with Gasteiger partial charge in [-0.15, -0.1) is 5.10 Å². The topological polar surface area (TPSA) is 126 Å². The van der Waals surface area contributed by atoms with Gasteiger partial charge in [0.1, 0.15) is 18.0 Å². The minimum absolute atomic E-state index is 0.0521. The number of anilines is 1. The van der Waals surface area contributed by atoms with Crippen LogP contribution in [0.15, 0.2) is 29.4 Å². The van der Waals surface area contributed by atoms with Crippen LogP contribution in [0.1, 0.15) is 45.2 Å². The molecule has 2 aromatic heterocycles. The lowest BCUT2D eigenvalue weighted by atomic mass is 10.2. The van der Waals surface area contributed by atoms with Crippen LogP contribution in [0.2, 0.25) is 0 Å². The SMILES string of the molecule is CCCSc1nc(NCc2ccc(OC)cc2)c2nnn([C@H]3C[C@@H](OCCO)C4OC(C)(C)OC43)c2n1. The molecule has 3 aromatic rings. The van der Waals surface area contributed by atoms with Gasteiger partial charge in [0.05, 0.1) is 32.5 Å². The molecule has 4 atom stereocenters. The third-order valence-corrected chi connectivity index (χ3v) is 7.53. The summed E-state index contributed by atoms with van der Waals surface area (Å²) in [5.41, 5.74) is 2.33. The van der Waals surface area contributed by atoms with Gasteiger partial charge >= 0.3 is 0 Å². The highest BCUT2D eigenvalue weighted by Crippen LogP contribution is 2.45. The van der Waals surface area contributed by atoms with E-state index < -0.39 is 5.79 Å². The van der Waals surface area contributed by atoms with Crippen molar-refractivity contribution in [3.05, 3.63) is 29.8 Å². The molecule has 1 aliphatic carbocycles. The first-order chi connectivity index (χ1) is 17.9. The van der Waals surface area contributed by atoms with Crippen molar-refractivity contribution >= 4 is 28.7 Å². The summed E-state index contributed by atoms with van der Waals surface area (Å²) in [5.74, 6) is 1.61. The fourth-order valence-electron chi connectivity index (χ4n) is 4.86. The smallest absolute Gasteiger partial charge is 0.191 e. The van der Waals surface area contributed by atoms with Crippen molar-refractivity contribution in [2.45, 2.75) is 75.5 Å². The lowest BCUT2D eigenvalue weighted by Gasteiger charge is -2.23. The van der Waals surface area contributed by atoms with E-state index in [0.717, 1.165) is 23.5 Å². The molecule has 0 amide bonds. The lowest BCUT2D eigenvalue weighted by molar-refractivity contribution is -0.171. The standard InChI is InChI=1S/C25H34N6O5S/c1-5-12-37-24-27-22(26-14-15-6-8-16(33-4)9-7-15)19-23(28-24)31(30-29-19)17-13-18(34-11-10-32)21-20(17)35-25(2,3)36-21/h6-9,17-18,20-21,32H,5,10-14H2,1-4H3,(H,26,27,28)/t17-,18+,20?,21?/m0/s1. The molecule has 1 saturated carbocycles. The Kier molecular flexibility index (Phi) is 7.82. The van der Waals surface area contributed by atoms with Gasteiger partial charge in [-0.05, 0) is 38.0 Å². The molecule has 2 fully saturated rings. The molecule has 1 aliphatic heterocycles. The molecule has 1 saturated heterocycles. The molecule has 2 unspecified atom stereocenters. The highest BCUT2D eigenvalue weighted by molar-refractivity contribution is 7.99. The predicted octanol–water partition coefficient (Wildman–Crippen LogP) is 3.19. The number of fused-ring (bicyclic) bond motifs is 2. The van der Waals surface area contributed by atoms with Gasteiger partial charge in [-0.2, -0.15) is 0 Å². The molecule has 2 aliphatic rings. The van der Waals surface area contributed by atoms with Crippen molar-refractivity contribution in [2.24, 2.45) is 0 Å². The summed E-state index contributed by atoms with van der Waals surface area (Å²) in [6.07, 6.45) is 0.844. The fraction of sp³-hybridized carbons (Fsp3) is 0.600. The quantitative estimate of drug-likeness (QED) is 0.280. The maximum atomic E-state index is 9.29. The number of aromatic nitrogens is 5. The zero-order valence-corrected chi connectivity index (χ0v) is 22.4. The molecule has 5 rings (SSSR count). The summed E-state index contributed by atoms with van der Waals surface area (Å²) in [4.78, 5) is 9.61. The van der Waals surface area contributed by atoms with Crippen LogP contribution in [0, 0.1) is 0 Å². The van der Waals surface area contributed by atoms with Gasteiger partial charge < -0.3 is 29.4 Å². The number of methoxy groups -OCH3 is 1. The van der Waals surface area contributed by atoms with Crippen LogP contribution in [-0.4, -0.2) is 80.2 Å². The second kappa shape index (κ2) is 11.1. The van der Waals surface area contributed by atoms with Crippen molar-refractivity contribution in [3.8, 4) is 5.75 Å². The Morgan fingerprint density at radius 2 is 1.97 bits per heavy atom. The predicted molar refractivity (Wildman–Crippen MR) is 139 cm³/mol. The van der Waals surface area contributed by atoms with Crippen LogP contribution in [0.4, 0.5) is 5.82 Å². The van der Waals surface area contributed by atoms with Crippen molar-refractivity contribution in [1.82, 2.24) is 25.0 Å². The average molecular weight is 531 g/mol. The van der Waals surface area contributed by atoms with Gasteiger partial charge in [-0.25, -0.2) is 14.6 Å². The molecule has 11 nitrogen and oxygen atoms in total. The van der Waals surface area contributed by atoms with E-state index in [4.69, 9.17) is 28.9 Å². The van der Waals surface area contributed by atoms with Crippen LogP contribution in [0.25, 0.3) is 11.2 Å². The Morgan fingerprint density at radius 3 is 2.70 bits per heavy atom. The zero-order valence-electron chi connectivity index (χ0n) is 21.6. The number of hydrogen-bond donors (Lipinski definition) is 2.